The van der Waals surface area contributed by atoms with Crippen LogP contribution in [0.2, 0.25) is 10.0 Å². The molecule has 170 valence electrons. The molecule has 1 amide bonds. The van der Waals surface area contributed by atoms with Gasteiger partial charge in [0, 0.05) is 50.0 Å². The van der Waals surface area contributed by atoms with Crippen molar-refractivity contribution in [1.82, 2.24) is 9.62 Å². The number of non-ortho nitro benzene ring substituents is 1. The number of halogens is 2. The van der Waals surface area contributed by atoms with Crippen LogP contribution in [-0.2, 0) is 10.0 Å². The molecule has 0 atom stereocenters. The highest BCUT2D eigenvalue weighted by atomic mass is 35.5. The summed E-state index contributed by atoms with van der Waals surface area (Å²) in [5.74, 6) is -0.377. The molecule has 1 aliphatic carbocycles. The second kappa shape index (κ2) is 8.86. The van der Waals surface area contributed by atoms with Crippen molar-refractivity contribution in [2.45, 2.75) is 23.8 Å². The molecule has 2 aromatic carbocycles. The Morgan fingerprint density at radius 3 is 2.22 bits per heavy atom. The van der Waals surface area contributed by atoms with Gasteiger partial charge in [-0.1, -0.05) is 23.2 Å². The van der Waals surface area contributed by atoms with Crippen molar-refractivity contribution in [1.29, 1.82) is 0 Å². The van der Waals surface area contributed by atoms with Gasteiger partial charge in [-0.15, -0.1) is 0 Å². The van der Waals surface area contributed by atoms with E-state index in [2.05, 4.69) is 4.72 Å². The SMILES string of the molecule is O=C(c1cc(S(=O)(=O)NC2CC2)c(Cl)cc1Cl)N1CCN(c2ccc([N+](=O)[O-])cc2)CC1. The summed E-state index contributed by atoms with van der Waals surface area (Å²) in [6, 6.07) is 8.66. The monoisotopic (exact) mass is 498 g/mol. The van der Waals surface area contributed by atoms with E-state index >= 15 is 0 Å². The number of benzene rings is 2. The lowest BCUT2D eigenvalue weighted by Gasteiger charge is -2.36. The first kappa shape index (κ1) is 22.8. The van der Waals surface area contributed by atoms with Crippen molar-refractivity contribution in [3.8, 4) is 0 Å². The Labute approximate surface area is 195 Å². The Kier molecular flexibility index (Phi) is 6.30. The van der Waals surface area contributed by atoms with Gasteiger partial charge in [-0.05, 0) is 37.1 Å². The largest absolute Gasteiger partial charge is 0.368 e. The average molecular weight is 499 g/mol. The maximum absolute atomic E-state index is 13.1. The van der Waals surface area contributed by atoms with Crippen LogP contribution in [0.5, 0.6) is 0 Å². The fourth-order valence-electron chi connectivity index (χ4n) is 3.51. The Bertz CT molecular complexity index is 1160. The van der Waals surface area contributed by atoms with Crippen molar-refractivity contribution in [3.05, 3.63) is 62.1 Å². The van der Waals surface area contributed by atoms with Gasteiger partial charge in [0.25, 0.3) is 11.6 Å². The van der Waals surface area contributed by atoms with Gasteiger partial charge in [0.15, 0.2) is 0 Å². The number of amides is 1. The van der Waals surface area contributed by atoms with Gasteiger partial charge in [-0.25, -0.2) is 13.1 Å². The molecule has 1 heterocycles. The third-order valence-corrected chi connectivity index (χ3v) is 7.73. The normalized spacial score (nSPS) is 16.8. The Hall–Kier alpha value is -2.40. The summed E-state index contributed by atoms with van der Waals surface area (Å²) in [6.07, 6.45) is 1.55. The number of nitro benzene ring substituents is 1. The van der Waals surface area contributed by atoms with Gasteiger partial charge >= 0.3 is 0 Å². The average Bonchev–Trinajstić information content (AvgIpc) is 3.56. The third kappa shape index (κ3) is 4.83. The fraction of sp³-hybridized carbons (Fsp3) is 0.350. The molecule has 32 heavy (non-hydrogen) atoms. The zero-order chi connectivity index (χ0) is 23.0. The van der Waals surface area contributed by atoms with E-state index < -0.39 is 14.9 Å². The van der Waals surface area contributed by atoms with Crippen LogP contribution in [0, 0.1) is 10.1 Å². The van der Waals surface area contributed by atoms with Gasteiger partial charge in [-0.2, -0.15) is 0 Å². The van der Waals surface area contributed by atoms with Gasteiger partial charge < -0.3 is 9.80 Å². The topological polar surface area (TPSA) is 113 Å². The minimum absolute atomic E-state index is 0.0156. The van der Waals surface area contributed by atoms with Crippen LogP contribution in [0.3, 0.4) is 0 Å². The number of piperazine rings is 1. The fourth-order valence-corrected chi connectivity index (χ4v) is 5.67. The standard InChI is InChI=1S/C20H20Cl2N4O5S/c21-17-12-18(22)19(32(30,31)23-13-1-2-13)11-16(17)20(27)25-9-7-24(8-10-25)14-3-5-15(6-4-14)26(28)29/h3-6,11-13,23H,1-2,7-10H2. The van der Waals surface area contributed by atoms with E-state index in [9.17, 15) is 23.3 Å². The highest BCUT2D eigenvalue weighted by Crippen LogP contribution is 2.31. The molecule has 9 nitrogen and oxygen atoms in total. The van der Waals surface area contributed by atoms with E-state index in [0.29, 0.717) is 26.2 Å². The summed E-state index contributed by atoms with van der Waals surface area (Å²) in [5, 5.41) is 10.9. The van der Waals surface area contributed by atoms with Crippen molar-refractivity contribution < 1.29 is 18.1 Å². The maximum atomic E-state index is 13.1. The van der Waals surface area contributed by atoms with E-state index in [1.54, 1.807) is 17.0 Å². The Morgan fingerprint density at radius 2 is 1.66 bits per heavy atom. The summed E-state index contributed by atoms with van der Waals surface area (Å²) >= 11 is 12.4. The van der Waals surface area contributed by atoms with Crippen LogP contribution in [0.15, 0.2) is 41.3 Å². The number of sulfonamides is 1. The summed E-state index contributed by atoms with van der Waals surface area (Å²) in [7, 11) is -3.85. The molecule has 1 saturated heterocycles. The first-order chi connectivity index (χ1) is 15.2. The molecule has 2 aromatic rings. The molecule has 1 N–H and O–H groups in total. The lowest BCUT2D eigenvalue weighted by molar-refractivity contribution is -0.384. The zero-order valence-corrected chi connectivity index (χ0v) is 19.2. The van der Waals surface area contributed by atoms with E-state index in [4.69, 9.17) is 23.2 Å². The molecule has 2 aliphatic rings. The molecular weight excluding hydrogens is 479 g/mol. The lowest BCUT2D eigenvalue weighted by atomic mass is 10.1. The number of nitrogens with zero attached hydrogens (tertiary/aromatic N) is 3. The van der Waals surface area contributed by atoms with E-state index in [-0.39, 0.29) is 38.1 Å². The molecule has 1 saturated carbocycles. The smallest absolute Gasteiger partial charge is 0.269 e. The van der Waals surface area contributed by atoms with E-state index in [1.165, 1.54) is 24.3 Å². The van der Waals surface area contributed by atoms with Gasteiger partial charge in [-0.3, -0.25) is 14.9 Å². The molecule has 0 aromatic heterocycles. The molecule has 4 rings (SSSR count). The minimum atomic E-state index is -3.85. The van der Waals surface area contributed by atoms with Gasteiger partial charge in [0.2, 0.25) is 10.0 Å². The van der Waals surface area contributed by atoms with Crippen LogP contribution in [-0.4, -0.2) is 56.4 Å². The Morgan fingerprint density at radius 1 is 1.03 bits per heavy atom. The minimum Gasteiger partial charge on any atom is -0.368 e. The third-order valence-electron chi connectivity index (χ3n) is 5.43. The quantitative estimate of drug-likeness (QED) is 0.482. The molecule has 0 radical (unpaired) electrons. The van der Waals surface area contributed by atoms with Gasteiger partial charge in [0.1, 0.15) is 4.90 Å². The highest BCUT2D eigenvalue weighted by molar-refractivity contribution is 7.89. The molecule has 1 aliphatic heterocycles. The van der Waals surface area contributed by atoms with Crippen molar-refractivity contribution in [2.24, 2.45) is 0 Å². The lowest BCUT2D eigenvalue weighted by Crippen LogP contribution is -2.48. The molecular formula is C20H20Cl2N4O5S. The molecule has 12 heteroatoms. The number of hydrogen-bond acceptors (Lipinski definition) is 6. The van der Waals surface area contributed by atoms with Crippen LogP contribution in [0.25, 0.3) is 0 Å². The first-order valence-corrected chi connectivity index (χ1v) is 12.2. The summed E-state index contributed by atoms with van der Waals surface area (Å²) < 4.78 is 27.8. The number of rotatable bonds is 6. The number of carbonyl (C=O) groups excluding carboxylic acids is 1. The zero-order valence-electron chi connectivity index (χ0n) is 16.8. The second-order valence-electron chi connectivity index (χ2n) is 7.71. The Balaban J connectivity index is 1.48. The number of nitrogens with one attached hydrogen (secondary N) is 1. The van der Waals surface area contributed by atoms with Crippen molar-refractivity contribution >= 4 is 50.5 Å². The molecule has 0 bridgehead atoms. The second-order valence-corrected chi connectivity index (χ2v) is 10.2. The van der Waals surface area contributed by atoms with Crippen LogP contribution >= 0.6 is 23.2 Å². The van der Waals surface area contributed by atoms with Crippen molar-refractivity contribution in [3.63, 3.8) is 0 Å². The summed E-state index contributed by atoms with van der Waals surface area (Å²) in [5.41, 5.74) is 0.921. The summed E-state index contributed by atoms with van der Waals surface area (Å²) in [6.45, 7) is 1.81. The molecule has 0 spiro atoms. The van der Waals surface area contributed by atoms with E-state index in [1.807, 2.05) is 4.90 Å². The first-order valence-electron chi connectivity index (χ1n) is 9.96. The number of nitro groups is 1. The van der Waals surface area contributed by atoms with Gasteiger partial charge in [0.05, 0.1) is 20.5 Å². The number of hydrogen-bond donors (Lipinski definition) is 1. The molecule has 0 unspecified atom stereocenters. The van der Waals surface area contributed by atoms with Crippen LogP contribution in [0.1, 0.15) is 23.2 Å². The predicted molar refractivity (Wildman–Crippen MR) is 121 cm³/mol. The number of anilines is 1. The number of carbonyl (C=O) groups is 1. The predicted octanol–water partition coefficient (Wildman–Crippen LogP) is 3.30. The molecule has 2 fully saturated rings. The maximum Gasteiger partial charge on any atom is 0.269 e. The van der Waals surface area contributed by atoms with E-state index in [0.717, 1.165) is 18.5 Å². The highest BCUT2D eigenvalue weighted by Gasteiger charge is 2.31. The van der Waals surface area contributed by atoms with Crippen LogP contribution < -0.4 is 9.62 Å². The summed E-state index contributed by atoms with van der Waals surface area (Å²) in [4.78, 5) is 26.9. The van der Waals surface area contributed by atoms with Crippen molar-refractivity contribution in [2.75, 3.05) is 31.1 Å². The van der Waals surface area contributed by atoms with Crippen LogP contribution in [0.4, 0.5) is 11.4 Å².